The number of thioether (sulfide) groups is 1. The van der Waals surface area contributed by atoms with Gasteiger partial charge in [-0.05, 0) is 37.0 Å². The third kappa shape index (κ3) is 4.29. The Morgan fingerprint density at radius 3 is 2.68 bits per heavy atom. The zero-order valence-electron chi connectivity index (χ0n) is 13.1. The molecule has 0 aromatic heterocycles. The largest absolute Gasteiger partial charge is 0.611 e. The van der Waals surface area contributed by atoms with Gasteiger partial charge >= 0.3 is 6.18 Å². The number of alkyl halides is 3. The van der Waals surface area contributed by atoms with E-state index in [2.05, 4.69) is 4.99 Å². The van der Waals surface area contributed by atoms with Gasteiger partial charge in [0.25, 0.3) is 0 Å². The second-order valence-electron chi connectivity index (χ2n) is 5.85. The van der Waals surface area contributed by atoms with E-state index in [1.54, 1.807) is 0 Å². The predicted octanol–water partition coefficient (Wildman–Crippen LogP) is 3.53. The first-order chi connectivity index (χ1) is 11.7. The summed E-state index contributed by atoms with van der Waals surface area (Å²) in [6.07, 6.45) is -2.89. The van der Waals surface area contributed by atoms with Crippen molar-refractivity contribution in [3.8, 4) is 0 Å². The number of aliphatic imine (C=N–C) groups is 1. The van der Waals surface area contributed by atoms with Gasteiger partial charge in [-0.3, -0.25) is 9.69 Å². The molecule has 2 fully saturated rings. The van der Waals surface area contributed by atoms with Crippen LogP contribution in [0.4, 0.5) is 23.2 Å². The maximum absolute atomic E-state index is 14.2. The molecule has 1 saturated carbocycles. The topological polar surface area (TPSA) is 55.7 Å². The predicted molar refractivity (Wildman–Crippen MR) is 87.9 cm³/mol. The molecule has 1 atom stereocenters. The van der Waals surface area contributed by atoms with Gasteiger partial charge in [0.1, 0.15) is 11.5 Å². The van der Waals surface area contributed by atoms with Gasteiger partial charge in [-0.25, -0.2) is 9.38 Å². The van der Waals surface area contributed by atoms with Crippen LogP contribution in [-0.4, -0.2) is 44.3 Å². The van der Waals surface area contributed by atoms with Crippen molar-refractivity contribution in [2.75, 3.05) is 11.5 Å². The molecule has 0 spiro atoms. The summed E-state index contributed by atoms with van der Waals surface area (Å²) in [5.41, 5.74) is -0.0443. The smallest absolute Gasteiger partial charge is 0.433 e. The van der Waals surface area contributed by atoms with Gasteiger partial charge < -0.3 is 4.55 Å². The molecule has 1 amide bonds. The van der Waals surface area contributed by atoms with Crippen LogP contribution >= 0.6 is 11.8 Å². The Morgan fingerprint density at radius 1 is 1.40 bits per heavy atom. The Bertz CT molecular complexity index is 735. The van der Waals surface area contributed by atoms with Crippen LogP contribution in [0.25, 0.3) is 0 Å². The van der Waals surface area contributed by atoms with Crippen LogP contribution in [0.15, 0.2) is 22.0 Å². The molecule has 10 heteroatoms. The number of hydrogen-bond acceptors (Lipinski definition) is 4. The highest BCUT2D eigenvalue weighted by molar-refractivity contribution is 8.15. The van der Waals surface area contributed by atoms with Crippen LogP contribution in [0.5, 0.6) is 0 Å². The van der Waals surface area contributed by atoms with E-state index >= 15 is 0 Å². The molecule has 136 valence electrons. The molecule has 4 nitrogen and oxygen atoms in total. The molecule has 1 heterocycles. The summed E-state index contributed by atoms with van der Waals surface area (Å²) in [4.78, 5) is 17.4. The number of carbonyl (C=O) groups excluding carboxylic acids is 1. The highest BCUT2D eigenvalue weighted by Crippen LogP contribution is 2.36. The fourth-order valence-electron chi connectivity index (χ4n) is 2.45. The number of amides is 1. The van der Waals surface area contributed by atoms with Crippen LogP contribution in [-0.2, 0) is 16.0 Å². The minimum Gasteiger partial charge on any atom is -0.611 e. The quantitative estimate of drug-likeness (QED) is 0.580. The first kappa shape index (κ1) is 18.5. The van der Waals surface area contributed by atoms with E-state index in [1.807, 2.05) is 0 Å². The number of amidine groups is 1. The number of hydrogen-bond donors (Lipinski definition) is 0. The molecule has 1 unspecified atom stereocenters. The lowest BCUT2D eigenvalue weighted by molar-refractivity contribution is -0.124. The standard InChI is InChI=1S/C15H14F4N2O2S2/c1-8-4-10(16)11(5-12(8)25(23)7-15(17,18)19)20-14-21(9-2-3-9)13(22)6-24-14/h4-5,9H,2-3,6-7H2,1H3/b20-14-. The van der Waals surface area contributed by atoms with Crippen molar-refractivity contribution in [3.05, 3.63) is 23.5 Å². The second kappa shape index (κ2) is 6.81. The molecule has 0 radical (unpaired) electrons. The lowest BCUT2D eigenvalue weighted by Crippen LogP contribution is -2.31. The van der Waals surface area contributed by atoms with Crippen LogP contribution in [0.2, 0.25) is 0 Å². The lowest BCUT2D eigenvalue weighted by atomic mass is 10.2. The fourth-order valence-corrected chi connectivity index (χ4v) is 4.51. The molecule has 1 saturated heterocycles. The zero-order valence-corrected chi connectivity index (χ0v) is 14.7. The monoisotopic (exact) mass is 394 g/mol. The van der Waals surface area contributed by atoms with Gasteiger partial charge in [-0.1, -0.05) is 11.8 Å². The van der Waals surface area contributed by atoms with Crippen LogP contribution in [0, 0.1) is 12.7 Å². The summed E-state index contributed by atoms with van der Waals surface area (Å²) in [5, 5.41) is 0.336. The summed E-state index contributed by atoms with van der Waals surface area (Å²) in [7, 11) is 0. The first-order valence-electron chi connectivity index (χ1n) is 7.44. The maximum atomic E-state index is 14.2. The number of carbonyl (C=O) groups is 1. The number of rotatable bonds is 4. The Labute approximate surface area is 148 Å². The minimum atomic E-state index is -4.59. The van der Waals surface area contributed by atoms with Crippen molar-refractivity contribution < 1.29 is 26.9 Å². The van der Waals surface area contributed by atoms with E-state index in [4.69, 9.17) is 0 Å². The first-order valence-corrected chi connectivity index (χ1v) is 9.75. The molecule has 0 N–H and O–H groups in total. The van der Waals surface area contributed by atoms with E-state index in [-0.39, 0.29) is 33.8 Å². The number of halogens is 4. The van der Waals surface area contributed by atoms with Crippen molar-refractivity contribution in [2.24, 2.45) is 4.99 Å². The average molecular weight is 394 g/mol. The van der Waals surface area contributed by atoms with Crippen LogP contribution in [0.1, 0.15) is 18.4 Å². The molecule has 3 rings (SSSR count). The van der Waals surface area contributed by atoms with Gasteiger partial charge in [-0.2, -0.15) is 13.2 Å². The summed E-state index contributed by atoms with van der Waals surface area (Å²) in [6.45, 7) is 1.40. The van der Waals surface area contributed by atoms with Crippen molar-refractivity contribution in [2.45, 2.75) is 36.9 Å². The molecule has 25 heavy (non-hydrogen) atoms. The van der Waals surface area contributed by atoms with Crippen molar-refractivity contribution in [1.29, 1.82) is 0 Å². The SMILES string of the molecule is Cc1cc(F)c(/N=C2\SCC(=O)N2C2CC2)cc1[S+]([O-])CC(F)(F)F. The zero-order chi connectivity index (χ0) is 18.4. The number of nitrogens with zero attached hydrogens (tertiary/aromatic N) is 2. The molecule has 1 aliphatic carbocycles. The third-order valence-corrected chi connectivity index (χ3v) is 6.17. The van der Waals surface area contributed by atoms with Gasteiger partial charge in [0.15, 0.2) is 10.1 Å². The van der Waals surface area contributed by atoms with Gasteiger partial charge in [0.05, 0.1) is 5.75 Å². The molecule has 1 aromatic rings. The number of benzene rings is 1. The van der Waals surface area contributed by atoms with Crippen molar-refractivity contribution in [3.63, 3.8) is 0 Å². The average Bonchev–Trinajstić information content (AvgIpc) is 3.24. The molecule has 0 bridgehead atoms. The summed E-state index contributed by atoms with van der Waals surface area (Å²) in [5.74, 6) is -2.14. The van der Waals surface area contributed by atoms with Gasteiger partial charge in [-0.15, -0.1) is 0 Å². The highest BCUT2D eigenvalue weighted by Gasteiger charge is 2.40. The Hall–Kier alpha value is -1.26. The van der Waals surface area contributed by atoms with Crippen LogP contribution < -0.4 is 0 Å². The normalized spacial score (nSPS) is 21.3. The molecule has 1 aliphatic heterocycles. The summed E-state index contributed by atoms with van der Waals surface area (Å²) >= 11 is -1.18. The maximum Gasteiger partial charge on any atom is 0.433 e. The number of aryl methyl sites for hydroxylation is 1. The van der Waals surface area contributed by atoms with E-state index in [9.17, 15) is 26.9 Å². The molecular formula is C15H14F4N2O2S2. The Kier molecular flexibility index (Phi) is 5.04. The summed E-state index contributed by atoms with van der Waals surface area (Å²) in [6, 6.07) is 2.16. The van der Waals surface area contributed by atoms with E-state index in [0.717, 1.165) is 36.7 Å². The van der Waals surface area contributed by atoms with Gasteiger partial charge in [0, 0.05) is 17.7 Å². The van der Waals surface area contributed by atoms with E-state index in [0.29, 0.717) is 5.17 Å². The van der Waals surface area contributed by atoms with Crippen LogP contribution in [0.3, 0.4) is 0 Å². The van der Waals surface area contributed by atoms with Crippen molar-refractivity contribution >= 4 is 39.7 Å². The Morgan fingerprint density at radius 2 is 2.08 bits per heavy atom. The molecule has 1 aromatic carbocycles. The fraction of sp³-hybridized carbons (Fsp3) is 0.467. The molecule has 2 aliphatic rings. The second-order valence-corrected chi connectivity index (χ2v) is 8.21. The van der Waals surface area contributed by atoms with Crippen molar-refractivity contribution in [1.82, 2.24) is 4.90 Å². The van der Waals surface area contributed by atoms with E-state index < -0.39 is 28.9 Å². The molecular weight excluding hydrogens is 380 g/mol. The lowest BCUT2D eigenvalue weighted by Gasteiger charge is -2.16. The van der Waals surface area contributed by atoms with E-state index in [1.165, 1.54) is 11.8 Å². The third-order valence-electron chi connectivity index (χ3n) is 3.71. The minimum absolute atomic E-state index is 0.0635. The Balaban J connectivity index is 1.92. The van der Waals surface area contributed by atoms with Gasteiger partial charge in [0.2, 0.25) is 11.7 Å². The summed E-state index contributed by atoms with van der Waals surface area (Å²) < 4.78 is 63.6. The highest BCUT2D eigenvalue weighted by atomic mass is 32.2.